The summed E-state index contributed by atoms with van der Waals surface area (Å²) in [5.74, 6) is -0.446. The molecule has 2 heterocycles. The van der Waals surface area contributed by atoms with Crippen LogP contribution in [-0.2, 0) is 20.8 Å². The summed E-state index contributed by atoms with van der Waals surface area (Å²) in [6.45, 7) is -0.597. The van der Waals surface area contributed by atoms with E-state index >= 15 is 0 Å². The van der Waals surface area contributed by atoms with Gasteiger partial charge in [0.2, 0.25) is 5.95 Å². The SMILES string of the molecule is CO[C@@H]1O[C@H](CO)[C@H](O)[C@H](OCc2cc(-c3cccc(F)c3)nc(N)n2)[C@H]1O. The number of benzene rings is 1. The van der Waals surface area contributed by atoms with Gasteiger partial charge in [-0.3, -0.25) is 0 Å². The lowest BCUT2D eigenvalue weighted by Crippen LogP contribution is -2.59. The molecule has 1 aromatic carbocycles. The largest absolute Gasteiger partial charge is 0.394 e. The number of nitrogen functional groups attached to an aromatic ring is 1. The highest BCUT2D eigenvalue weighted by atomic mass is 19.1. The molecule has 0 spiro atoms. The first-order chi connectivity index (χ1) is 13.4. The van der Waals surface area contributed by atoms with Crippen molar-refractivity contribution in [3.63, 3.8) is 0 Å². The summed E-state index contributed by atoms with van der Waals surface area (Å²) in [6, 6.07) is 7.42. The molecule has 2 aromatic rings. The van der Waals surface area contributed by atoms with Crippen LogP contribution in [-0.4, -0.2) is 69.7 Å². The van der Waals surface area contributed by atoms with Crippen LogP contribution in [0.1, 0.15) is 5.69 Å². The molecule has 0 saturated carbocycles. The van der Waals surface area contributed by atoms with Crippen LogP contribution in [0.2, 0.25) is 0 Å². The molecule has 0 amide bonds. The minimum Gasteiger partial charge on any atom is -0.394 e. The molecule has 1 aliphatic rings. The first-order valence-corrected chi connectivity index (χ1v) is 8.59. The molecule has 0 unspecified atom stereocenters. The zero-order valence-electron chi connectivity index (χ0n) is 15.1. The van der Waals surface area contributed by atoms with Crippen LogP contribution in [0.25, 0.3) is 11.3 Å². The van der Waals surface area contributed by atoms with E-state index in [1.54, 1.807) is 18.2 Å². The lowest BCUT2D eigenvalue weighted by Gasteiger charge is -2.41. The molecule has 152 valence electrons. The Morgan fingerprint density at radius 2 is 2.00 bits per heavy atom. The third-order valence-corrected chi connectivity index (χ3v) is 4.39. The van der Waals surface area contributed by atoms with Crippen LogP contribution in [0.3, 0.4) is 0 Å². The highest BCUT2D eigenvalue weighted by molar-refractivity contribution is 5.60. The third-order valence-electron chi connectivity index (χ3n) is 4.39. The lowest BCUT2D eigenvalue weighted by molar-refractivity contribution is -0.303. The molecule has 0 aliphatic carbocycles. The van der Waals surface area contributed by atoms with E-state index in [0.717, 1.165) is 0 Å². The number of methoxy groups -OCH3 is 1. The zero-order chi connectivity index (χ0) is 20.3. The summed E-state index contributed by atoms with van der Waals surface area (Å²) in [4.78, 5) is 8.16. The molecule has 10 heteroatoms. The maximum atomic E-state index is 13.5. The quantitative estimate of drug-likeness (QED) is 0.525. The van der Waals surface area contributed by atoms with Crippen LogP contribution < -0.4 is 5.73 Å². The third kappa shape index (κ3) is 4.43. The topological polar surface area (TPSA) is 140 Å². The molecule has 1 saturated heterocycles. The number of aliphatic hydroxyl groups is 3. The number of rotatable bonds is 6. The van der Waals surface area contributed by atoms with E-state index in [4.69, 9.17) is 19.9 Å². The maximum absolute atomic E-state index is 13.5. The predicted molar refractivity (Wildman–Crippen MR) is 95.2 cm³/mol. The first-order valence-electron chi connectivity index (χ1n) is 8.59. The van der Waals surface area contributed by atoms with Crippen molar-refractivity contribution in [3.05, 3.63) is 41.8 Å². The maximum Gasteiger partial charge on any atom is 0.220 e. The van der Waals surface area contributed by atoms with E-state index in [2.05, 4.69) is 9.97 Å². The minimum atomic E-state index is -1.29. The van der Waals surface area contributed by atoms with Crippen molar-refractivity contribution in [3.8, 4) is 11.3 Å². The Balaban J connectivity index is 1.78. The Morgan fingerprint density at radius 3 is 2.68 bits per heavy atom. The molecule has 0 radical (unpaired) electrons. The van der Waals surface area contributed by atoms with Gasteiger partial charge in [-0.2, -0.15) is 0 Å². The zero-order valence-corrected chi connectivity index (χ0v) is 15.1. The van der Waals surface area contributed by atoms with Gasteiger partial charge in [-0.05, 0) is 18.2 Å². The smallest absolute Gasteiger partial charge is 0.220 e. The number of aromatic nitrogens is 2. The van der Waals surface area contributed by atoms with E-state index in [1.165, 1.54) is 19.2 Å². The van der Waals surface area contributed by atoms with Gasteiger partial charge in [-0.25, -0.2) is 14.4 Å². The monoisotopic (exact) mass is 395 g/mol. The van der Waals surface area contributed by atoms with E-state index in [1.807, 2.05) is 0 Å². The summed E-state index contributed by atoms with van der Waals surface area (Å²) in [7, 11) is 1.33. The minimum absolute atomic E-state index is 0.0311. The molecule has 5 atom stereocenters. The Kier molecular flexibility index (Phi) is 6.50. The molecule has 1 aromatic heterocycles. The number of anilines is 1. The van der Waals surface area contributed by atoms with Gasteiger partial charge in [0.25, 0.3) is 0 Å². The van der Waals surface area contributed by atoms with Gasteiger partial charge in [0.05, 0.1) is 24.6 Å². The summed E-state index contributed by atoms with van der Waals surface area (Å²) < 4.78 is 29.4. The highest BCUT2D eigenvalue weighted by Gasteiger charge is 2.45. The Morgan fingerprint density at radius 1 is 1.21 bits per heavy atom. The van der Waals surface area contributed by atoms with Crippen molar-refractivity contribution in [2.24, 2.45) is 0 Å². The molecule has 1 fully saturated rings. The van der Waals surface area contributed by atoms with Crippen molar-refractivity contribution in [1.29, 1.82) is 0 Å². The van der Waals surface area contributed by atoms with Gasteiger partial charge in [-0.1, -0.05) is 12.1 Å². The summed E-state index contributed by atoms with van der Waals surface area (Å²) in [6.07, 6.45) is -5.71. The van der Waals surface area contributed by atoms with E-state index in [-0.39, 0.29) is 12.6 Å². The fourth-order valence-electron chi connectivity index (χ4n) is 3.01. The van der Waals surface area contributed by atoms with Crippen LogP contribution in [0.4, 0.5) is 10.3 Å². The number of halogens is 1. The Hall–Kier alpha value is -2.21. The molecule has 1 aliphatic heterocycles. The normalized spacial score (nSPS) is 27.7. The fraction of sp³-hybridized carbons (Fsp3) is 0.444. The van der Waals surface area contributed by atoms with Gasteiger partial charge in [0.1, 0.15) is 30.2 Å². The standard InChI is InChI=1S/C18H22FN3O6/c1-26-17-15(25)16(14(24)13(7-23)28-17)27-8-11-6-12(22-18(20)21-11)9-3-2-4-10(19)5-9/h2-6,13-17,23-25H,7-8H2,1H3,(H2,20,21,22)/t13-,14+,15-,16+,17-/m1/s1. The average molecular weight is 395 g/mol. The average Bonchev–Trinajstić information content (AvgIpc) is 2.68. The van der Waals surface area contributed by atoms with Crippen LogP contribution in [0.15, 0.2) is 30.3 Å². The molecule has 28 heavy (non-hydrogen) atoms. The van der Waals surface area contributed by atoms with Crippen LogP contribution in [0, 0.1) is 5.82 Å². The molecular weight excluding hydrogens is 373 g/mol. The van der Waals surface area contributed by atoms with E-state index in [0.29, 0.717) is 17.0 Å². The van der Waals surface area contributed by atoms with Crippen molar-refractivity contribution in [2.45, 2.75) is 37.3 Å². The number of ether oxygens (including phenoxy) is 3. The molecule has 5 N–H and O–H groups in total. The molecule has 3 rings (SSSR count). The van der Waals surface area contributed by atoms with Gasteiger partial charge < -0.3 is 35.3 Å². The lowest BCUT2D eigenvalue weighted by atomic mass is 9.99. The molecule has 0 bridgehead atoms. The summed E-state index contributed by atoms with van der Waals surface area (Å²) in [5, 5.41) is 29.9. The van der Waals surface area contributed by atoms with Crippen LogP contribution >= 0.6 is 0 Å². The van der Waals surface area contributed by atoms with Gasteiger partial charge in [0.15, 0.2) is 6.29 Å². The summed E-state index contributed by atoms with van der Waals surface area (Å²) in [5.41, 5.74) is 7.03. The fourth-order valence-corrected chi connectivity index (χ4v) is 3.01. The Bertz CT molecular complexity index is 795. The van der Waals surface area contributed by atoms with E-state index in [9.17, 15) is 19.7 Å². The van der Waals surface area contributed by atoms with E-state index < -0.39 is 43.1 Å². The van der Waals surface area contributed by atoms with Gasteiger partial charge in [0, 0.05) is 12.7 Å². The van der Waals surface area contributed by atoms with Gasteiger partial charge >= 0.3 is 0 Å². The number of hydrogen-bond donors (Lipinski definition) is 4. The second kappa shape index (κ2) is 8.86. The molecular formula is C18H22FN3O6. The number of nitrogens with zero attached hydrogens (tertiary/aromatic N) is 2. The van der Waals surface area contributed by atoms with Crippen LogP contribution in [0.5, 0.6) is 0 Å². The highest BCUT2D eigenvalue weighted by Crippen LogP contribution is 2.25. The van der Waals surface area contributed by atoms with Crippen molar-refractivity contribution in [1.82, 2.24) is 9.97 Å². The number of nitrogens with two attached hydrogens (primary N) is 1. The van der Waals surface area contributed by atoms with Gasteiger partial charge in [-0.15, -0.1) is 0 Å². The second-order valence-corrected chi connectivity index (χ2v) is 6.33. The van der Waals surface area contributed by atoms with Crippen molar-refractivity contribution >= 4 is 5.95 Å². The summed E-state index contributed by atoms with van der Waals surface area (Å²) >= 11 is 0. The first kappa shape index (κ1) is 20.5. The van der Waals surface area contributed by atoms with Crippen molar-refractivity contribution < 1.29 is 33.9 Å². The number of aliphatic hydroxyl groups excluding tert-OH is 3. The number of hydrogen-bond acceptors (Lipinski definition) is 9. The molecule has 9 nitrogen and oxygen atoms in total. The second-order valence-electron chi connectivity index (χ2n) is 6.33. The Labute approximate surface area is 160 Å². The predicted octanol–water partition coefficient (Wildman–Crippen LogP) is -0.165. The van der Waals surface area contributed by atoms with Crippen molar-refractivity contribution in [2.75, 3.05) is 19.5 Å².